The monoisotopic (exact) mass is 293 g/mol. The third-order valence-corrected chi connectivity index (χ3v) is 4.35. The number of nitrogens with zero attached hydrogens (tertiary/aromatic N) is 2. The van der Waals surface area contributed by atoms with Crippen molar-refractivity contribution in [3.8, 4) is 17.0 Å². The Hall–Kier alpha value is -2.36. The first-order chi connectivity index (χ1) is 10.9. The predicted octanol–water partition coefficient (Wildman–Crippen LogP) is 4.34. The van der Waals surface area contributed by atoms with Crippen molar-refractivity contribution in [3.05, 3.63) is 42.7 Å². The molecule has 0 radical (unpaired) electrons. The van der Waals surface area contributed by atoms with E-state index in [0.29, 0.717) is 6.10 Å². The second-order valence-electron chi connectivity index (χ2n) is 5.90. The molecule has 4 rings (SSSR count). The number of aromatic nitrogens is 3. The number of benzene rings is 1. The Morgan fingerprint density at radius 3 is 2.64 bits per heavy atom. The molecule has 0 spiro atoms. The lowest BCUT2D eigenvalue weighted by molar-refractivity contribution is 0.155. The number of hydrogen-bond acceptors (Lipinski definition) is 3. The number of hydrogen-bond donors (Lipinski definition) is 1. The first kappa shape index (κ1) is 13.3. The van der Waals surface area contributed by atoms with Gasteiger partial charge < -0.3 is 4.74 Å². The van der Waals surface area contributed by atoms with E-state index in [9.17, 15) is 0 Å². The Kier molecular flexibility index (Phi) is 3.51. The number of ether oxygens (including phenoxy) is 1. The van der Waals surface area contributed by atoms with Gasteiger partial charge in [0, 0.05) is 23.3 Å². The van der Waals surface area contributed by atoms with Crippen molar-refractivity contribution in [1.82, 2.24) is 15.2 Å². The summed E-state index contributed by atoms with van der Waals surface area (Å²) in [7, 11) is 0. The summed E-state index contributed by atoms with van der Waals surface area (Å²) in [6, 6.07) is 10.2. The van der Waals surface area contributed by atoms with Crippen LogP contribution < -0.4 is 4.74 Å². The van der Waals surface area contributed by atoms with Gasteiger partial charge in [-0.3, -0.25) is 10.1 Å². The van der Waals surface area contributed by atoms with E-state index >= 15 is 0 Å². The topological polar surface area (TPSA) is 50.8 Å². The number of aromatic amines is 1. The van der Waals surface area contributed by atoms with Crippen molar-refractivity contribution >= 4 is 10.9 Å². The number of pyridine rings is 1. The molecule has 1 aromatic carbocycles. The third kappa shape index (κ3) is 2.56. The highest BCUT2D eigenvalue weighted by Gasteiger charge is 2.15. The van der Waals surface area contributed by atoms with Gasteiger partial charge >= 0.3 is 0 Å². The molecule has 4 heteroatoms. The Labute approximate surface area is 129 Å². The van der Waals surface area contributed by atoms with Crippen LogP contribution in [0.5, 0.6) is 5.75 Å². The Morgan fingerprint density at radius 2 is 1.82 bits per heavy atom. The maximum atomic E-state index is 6.07. The van der Waals surface area contributed by atoms with Crippen LogP contribution in [-0.4, -0.2) is 21.3 Å². The van der Waals surface area contributed by atoms with E-state index in [1.165, 1.54) is 32.1 Å². The molecule has 1 aliphatic carbocycles. The molecule has 1 aliphatic rings. The van der Waals surface area contributed by atoms with Crippen molar-refractivity contribution < 1.29 is 4.74 Å². The highest BCUT2D eigenvalue weighted by atomic mass is 16.5. The second-order valence-corrected chi connectivity index (χ2v) is 5.90. The Morgan fingerprint density at radius 1 is 1.00 bits per heavy atom. The summed E-state index contributed by atoms with van der Waals surface area (Å²) in [6.07, 6.45) is 10.3. The highest BCUT2D eigenvalue weighted by Crippen LogP contribution is 2.28. The van der Waals surface area contributed by atoms with Crippen LogP contribution in [-0.2, 0) is 0 Å². The van der Waals surface area contributed by atoms with E-state index in [1.807, 2.05) is 24.4 Å². The minimum atomic E-state index is 0.384. The normalized spacial score (nSPS) is 16.0. The number of rotatable bonds is 3. The van der Waals surface area contributed by atoms with Crippen LogP contribution in [0.25, 0.3) is 22.2 Å². The molecule has 1 fully saturated rings. The van der Waals surface area contributed by atoms with Gasteiger partial charge in [0.15, 0.2) is 0 Å². The Bertz CT molecular complexity index is 757. The summed E-state index contributed by atoms with van der Waals surface area (Å²) in [6.45, 7) is 0. The zero-order valence-corrected chi connectivity index (χ0v) is 12.5. The maximum Gasteiger partial charge on any atom is 0.119 e. The molecule has 0 atom stereocenters. The van der Waals surface area contributed by atoms with E-state index in [-0.39, 0.29) is 0 Å². The van der Waals surface area contributed by atoms with Gasteiger partial charge in [-0.25, -0.2) is 0 Å². The van der Waals surface area contributed by atoms with E-state index < -0.39 is 0 Å². The highest BCUT2D eigenvalue weighted by molar-refractivity contribution is 5.92. The molecule has 3 aromatic rings. The zero-order chi connectivity index (χ0) is 14.8. The summed E-state index contributed by atoms with van der Waals surface area (Å²) in [5.74, 6) is 0.952. The summed E-state index contributed by atoms with van der Waals surface area (Å²) in [5.41, 5.74) is 3.02. The standard InChI is InChI=1S/C18H19N3O/c1-2-4-14(5-3-1)22-15-8-6-13(7-9-15)18-16-12-19-11-10-17(16)20-21-18/h6-12,14H,1-5H2,(H,20,21). The largest absolute Gasteiger partial charge is 0.490 e. The first-order valence-electron chi connectivity index (χ1n) is 7.95. The predicted molar refractivity (Wildman–Crippen MR) is 86.8 cm³/mol. The summed E-state index contributed by atoms with van der Waals surface area (Å²) in [5, 5.41) is 8.50. The van der Waals surface area contributed by atoms with Crippen LogP contribution in [0.15, 0.2) is 42.7 Å². The first-order valence-corrected chi connectivity index (χ1v) is 7.95. The van der Waals surface area contributed by atoms with Gasteiger partial charge in [-0.05, 0) is 56.0 Å². The molecule has 0 bridgehead atoms. The van der Waals surface area contributed by atoms with Crippen molar-refractivity contribution in [2.45, 2.75) is 38.2 Å². The van der Waals surface area contributed by atoms with Crippen molar-refractivity contribution in [1.29, 1.82) is 0 Å². The van der Waals surface area contributed by atoms with Gasteiger partial charge in [-0.15, -0.1) is 0 Å². The molecule has 2 heterocycles. The fraction of sp³-hybridized carbons (Fsp3) is 0.333. The molecule has 1 saturated carbocycles. The lowest BCUT2D eigenvalue weighted by Crippen LogP contribution is -2.19. The summed E-state index contributed by atoms with van der Waals surface area (Å²) < 4.78 is 6.07. The van der Waals surface area contributed by atoms with Crippen molar-refractivity contribution in [2.75, 3.05) is 0 Å². The smallest absolute Gasteiger partial charge is 0.119 e. The fourth-order valence-electron chi connectivity index (χ4n) is 3.14. The van der Waals surface area contributed by atoms with Crippen molar-refractivity contribution in [3.63, 3.8) is 0 Å². The minimum Gasteiger partial charge on any atom is -0.490 e. The number of fused-ring (bicyclic) bond motifs is 1. The Balaban J connectivity index is 1.56. The molecular weight excluding hydrogens is 274 g/mol. The van der Waals surface area contributed by atoms with E-state index in [4.69, 9.17) is 4.74 Å². The van der Waals surface area contributed by atoms with Crippen LogP contribution >= 0.6 is 0 Å². The lowest BCUT2D eigenvalue weighted by Gasteiger charge is -2.23. The van der Waals surface area contributed by atoms with Gasteiger partial charge in [0.25, 0.3) is 0 Å². The maximum absolute atomic E-state index is 6.07. The molecule has 1 N–H and O–H groups in total. The average Bonchev–Trinajstić information content (AvgIpc) is 3.01. The SMILES string of the molecule is c1cc2[nH]nc(-c3ccc(OC4CCCCC4)cc3)c2cn1. The van der Waals surface area contributed by atoms with Crippen LogP contribution in [0.4, 0.5) is 0 Å². The molecule has 0 unspecified atom stereocenters. The van der Waals surface area contributed by atoms with Gasteiger partial charge in [-0.2, -0.15) is 5.10 Å². The molecule has 2 aromatic heterocycles. The summed E-state index contributed by atoms with van der Waals surface area (Å²) in [4.78, 5) is 4.18. The number of nitrogens with one attached hydrogen (secondary N) is 1. The number of H-pyrrole nitrogens is 1. The zero-order valence-electron chi connectivity index (χ0n) is 12.5. The molecule has 0 aliphatic heterocycles. The summed E-state index contributed by atoms with van der Waals surface area (Å²) >= 11 is 0. The molecule has 0 saturated heterocycles. The van der Waals surface area contributed by atoms with Gasteiger partial charge in [0.05, 0.1) is 11.6 Å². The molecule has 0 amide bonds. The second kappa shape index (κ2) is 5.79. The van der Waals surface area contributed by atoms with Gasteiger partial charge in [0.1, 0.15) is 11.4 Å². The van der Waals surface area contributed by atoms with Crippen molar-refractivity contribution in [2.24, 2.45) is 0 Å². The van der Waals surface area contributed by atoms with Gasteiger partial charge in [0.2, 0.25) is 0 Å². The minimum absolute atomic E-state index is 0.384. The average molecular weight is 293 g/mol. The molecule has 22 heavy (non-hydrogen) atoms. The lowest BCUT2D eigenvalue weighted by atomic mass is 9.98. The fourth-order valence-corrected chi connectivity index (χ4v) is 3.14. The quantitative estimate of drug-likeness (QED) is 0.781. The third-order valence-electron chi connectivity index (χ3n) is 4.35. The van der Waals surface area contributed by atoms with Crippen LogP contribution in [0.3, 0.4) is 0 Å². The molecule has 112 valence electrons. The van der Waals surface area contributed by atoms with Crippen LogP contribution in [0, 0.1) is 0 Å². The van der Waals surface area contributed by atoms with Crippen LogP contribution in [0.1, 0.15) is 32.1 Å². The van der Waals surface area contributed by atoms with E-state index in [2.05, 4.69) is 27.3 Å². The molecule has 4 nitrogen and oxygen atoms in total. The van der Waals surface area contributed by atoms with E-state index in [0.717, 1.165) is 27.9 Å². The van der Waals surface area contributed by atoms with Gasteiger partial charge in [-0.1, -0.05) is 6.42 Å². The van der Waals surface area contributed by atoms with E-state index in [1.54, 1.807) is 6.20 Å². The van der Waals surface area contributed by atoms with Crippen LogP contribution in [0.2, 0.25) is 0 Å². The molecular formula is C18H19N3O.